The van der Waals surface area contributed by atoms with Gasteiger partial charge in [0.2, 0.25) is 0 Å². The van der Waals surface area contributed by atoms with Gasteiger partial charge in [-0.05, 0) is 31.9 Å². The fourth-order valence-electron chi connectivity index (χ4n) is 3.83. The quantitative estimate of drug-likeness (QED) is 0.675. The Morgan fingerprint density at radius 2 is 2.07 bits per heavy atom. The number of benzene rings is 2. The van der Waals surface area contributed by atoms with Crippen molar-refractivity contribution in [3.05, 3.63) is 59.4 Å². The van der Waals surface area contributed by atoms with Crippen LogP contribution in [0.3, 0.4) is 0 Å². The monoisotopic (exact) mass is 395 g/mol. The second-order valence-corrected chi connectivity index (χ2v) is 7.34. The molecule has 1 aliphatic heterocycles. The van der Waals surface area contributed by atoms with E-state index in [-0.39, 0.29) is 30.1 Å². The summed E-state index contributed by atoms with van der Waals surface area (Å²) in [6.45, 7) is 3.31. The molecule has 6 heteroatoms. The van der Waals surface area contributed by atoms with E-state index in [0.717, 1.165) is 23.8 Å². The van der Waals surface area contributed by atoms with Gasteiger partial charge in [0.1, 0.15) is 5.75 Å². The van der Waals surface area contributed by atoms with Gasteiger partial charge in [0.25, 0.3) is 5.91 Å². The predicted molar refractivity (Wildman–Crippen MR) is 109 cm³/mol. The Labute approximate surface area is 169 Å². The number of ether oxygens (including phenoxy) is 2. The lowest BCUT2D eigenvalue weighted by Crippen LogP contribution is -2.37. The minimum absolute atomic E-state index is 0.0102. The molecule has 1 aliphatic rings. The van der Waals surface area contributed by atoms with Gasteiger partial charge in [0.05, 0.1) is 13.2 Å². The van der Waals surface area contributed by atoms with E-state index < -0.39 is 0 Å². The lowest BCUT2D eigenvalue weighted by Gasteiger charge is -2.25. The molecule has 1 aromatic heterocycles. The van der Waals surface area contributed by atoms with Crippen LogP contribution in [0.15, 0.2) is 46.9 Å². The minimum Gasteiger partial charge on any atom is -0.508 e. The zero-order valence-corrected chi connectivity index (χ0v) is 16.7. The second kappa shape index (κ2) is 8.17. The highest BCUT2D eigenvalue weighted by Crippen LogP contribution is 2.33. The molecule has 0 radical (unpaired) electrons. The summed E-state index contributed by atoms with van der Waals surface area (Å²) in [5, 5.41) is 11.1. The van der Waals surface area contributed by atoms with Crippen molar-refractivity contribution in [2.45, 2.75) is 32.4 Å². The van der Waals surface area contributed by atoms with E-state index >= 15 is 0 Å². The molecule has 2 heterocycles. The fraction of sp³-hybridized carbons (Fsp3) is 0.348. The number of nitrogens with zero attached hydrogens (tertiary/aromatic N) is 1. The number of methoxy groups -OCH3 is 1. The number of phenols is 1. The number of hydrogen-bond donors (Lipinski definition) is 1. The molecule has 0 saturated carbocycles. The van der Waals surface area contributed by atoms with Crippen molar-refractivity contribution in [3.8, 4) is 11.5 Å². The Kier molecular flexibility index (Phi) is 5.45. The van der Waals surface area contributed by atoms with Gasteiger partial charge in [-0.2, -0.15) is 0 Å². The normalized spacial score (nSPS) is 16.3. The summed E-state index contributed by atoms with van der Waals surface area (Å²) in [7, 11) is 1.58. The molecule has 4 rings (SSSR count). The van der Waals surface area contributed by atoms with Crippen LogP contribution in [0.4, 0.5) is 0 Å². The Hall–Kier alpha value is -2.99. The Balaban J connectivity index is 1.69. The first-order chi connectivity index (χ1) is 14.1. The molecule has 1 fully saturated rings. The molecule has 0 spiro atoms. The van der Waals surface area contributed by atoms with E-state index in [2.05, 4.69) is 0 Å². The smallest absolute Gasteiger partial charge is 0.290 e. The van der Waals surface area contributed by atoms with Gasteiger partial charge in [-0.3, -0.25) is 4.79 Å². The molecule has 3 aromatic rings. The predicted octanol–water partition coefficient (Wildman–Crippen LogP) is 4.28. The number of phenolic OH excluding ortho intramolecular Hbond substituents is 1. The van der Waals surface area contributed by atoms with Gasteiger partial charge >= 0.3 is 0 Å². The van der Waals surface area contributed by atoms with Crippen LogP contribution in [0.5, 0.6) is 11.5 Å². The maximum absolute atomic E-state index is 13.5. The number of aromatic hydroxyl groups is 1. The SMILES string of the molecule is COc1cccc2c(C)c(C(=O)N(Cc3ccccc3O)CC3CCCO3)oc12. The van der Waals surface area contributed by atoms with Crippen molar-refractivity contribution in [1.82, 2.24) is 4.90 Å². The molecule has 1 saturated heterocycles. The highest BCUT2D eigenvalue weighted by molar-refractivity contribution is 6.00. The number of hydrogen-bond acceptors (Lipinski definition) is 5. The van der Waals surface area contributed by atoms with Crippen LogP contribution in [0.2, 0.25) is 0 Å². The molecule has 29 heavy (non-hydrogen) atoms. The zero-order valence-electron chi connectivity index (χ0n) is 16.7. The molecule has 2 aromatic carbocycles. The summed E-state index contributed by atoms with van der Waals surface area (Å²) >= 11 is 0. The molecule has 1 N–H and O–H groups in total. The molecular weight excluding hydrogens is 370 g/mol. The summed E-state index contributed by atoms with van der Waals surface area (Å²) in [6.07, 6.45) is 1.89. The Morgan fingerprint density at radius 3 is 2.79 bits per heavy atom. The van der Waals surface area contributed by atoms with Gasteiger partial charge in [0.15, 0.2) is 17.1 Å². The van der Waals surface area contributed by atoms with Crippen molar-refractivity contribution in [2.75, 3.05) is 20.3 Å². The van der Waals surface area contributed by atoms with Crippen LogP contribution in [0.1, 0.15) is 34.5 Å². The van der Waals surface area contributed by atoms with Crippen molar-refractivity contribution >= 4 is 16.9 Å². The number of para-hydroxylation sites is 2. The van der Waals surface area contributed by atoms with E-state index in [1.807, 2.05) is 37.3 Å². The van der Waals surface area contributed by atoms with Gasteiger partial charge in [-0.25, -0.2) is 0 Å². The van der Waals surface area contributed by atoms with E-state index in [1.165, 1.54) is 0 Å². The summed E-state index contributed by atoms with van der Waals surface area (Å²) in [4.78, 5) is 15.2. The molecule has 0 aliphatic carbocycles. The van der Waals surface area contributed by atoms with Gasteiger partial charge < -0.3 is 23.9 Å². The summed E-state index contributed by atoms with van der Waals surface area (Å²) < 4.78 is 17.1. The van der Waals surface area contributed by atoms with Gasteiger partial charge in [-0.15, -0.1) is 0 Å². The number of rotatable bonds is 6. The largest absolute Gasteiger partial charge is 0.508 e. The van der Waals surface area contributed by atoms with Gasteiger partial charge in [-0.1, -0.05) is 30.3 Å². The molecule has 6 nitrogen and oxygen atoms in total. The van der Waals surface area contributed by atoms with E-state index in [9.17, 15) is 9.90 Å². The van der Waals surface area contributed by atoms with Crippen molar-refractivity contribution in [1.29, 1.82) is 0 Å². The van der Waals surface area contributed by atoms with Crippen LogP contribution < -0.4 is 4.74 Å². The van der Waals surface area contributed by atoms with Crippen molar-refractivity contribution in [2.24, 2.45) is 0 Å². The number of furan rings is 1. The third-order valence-corrected chi connectivity index (χ3v) is 5.43. The zero-order chi connectivity index (χ0) is 20.4. The van der Waals surface area contributed by atoms with E-state index in [4.69, 9.17) is 13.9 Å². The first-order valence-electron chi connectivity index (χ1n) is 9.82. The summed E-state index contributed by atoms with van der Waals surface area (Å²) in [5.41, 5.74) is 2.03. The van der Waals surface area contributed by atoms with Crippen LogP contribution in [0, 0.1) is 6.92 Å². The van der Waals surface area contributed by atoms with Crippen LogP contribution in [-0.4, -0.2) is 42.3 Å². The van der Waals surface area contributed by atoms with Crippen molar-refractivity contribution < 1.29 is 23.8 Å². The standard InChI is InChI=1S/C23H25NO5/c1-15-18-9-5-11-20(27-2)22(18)29-21(15)23(26)24(14-17-8-6-12-28-17)13-16-7-3-4-10-19(16)25/h3-5,7,9-11,17,25H,6,8,12-14H2,1-2H3. The summed E-state index contributed by atoms with van der Waals surface area (Å²) in [6, 6.07) is 12.7. The minimum atomic E-state index is -0.223. The number of carbonyl (C=O) groups is 1. The number of fused-ring (bicyclic) bond motifs is 1. The first kappa shape index (κ1) is 19.3. The van der Waals surface area contributed by atoms with E-state index in [0.29, 0.717) is 30.0 Å². The lowest BCUT2D eigenvalue weighted by atomic mass is 10.1. The first-order valence-corrected chi connectivity index (χ1v) is 9.82. The van der Waals surface area contributed by atoms with Crippen LogP contribution in [0.25, 0.3) is 11.0 Å². The molecule has 0 bridgehead atoms. The van der Waals surface area contributed by atoms with Crippen LogP contribution >= 0.6 is 0 Å². The topological polar surface area (TPSA) is 72.1 Å². The molecular formula is C23H25NO5. The van der Waals surface area contributed by atoms with Gasteiger partial charge in [0, 0.05) is 36.2 Å². The summed E-state index contributed by atoms with van der Waals surface area (Å²) in [5.74, 6) is 0.828. The van der Waals surface area contributed by atoms with E-state index in [1.54, 1.807) is 24.1 Å². The third kappa shape index (κ3) is 3.80. The average Bonchev–Trinajstić information content (AvgIpc) is 3.36. The maximum Gasteiger partial charge on any atom is 0.290 e. The Morgan fingerprint density at radius 1 is 1.24 bits per heavy atom. The lowest BCUT2D eigenvalue weighted by molar-refractivity contribution is 0.0483. The highest BCUT2D eigenvalue weighted by Gasteiger charge is 2.28. The number of aryl methyl sites for hydroxylation is 1. The fourth-order valence-corrected chi connectivity index (χ4v) is 3.83. The number of amides is 1. The second-order valence-electron chi connectivity index (χ2n) is 7.34. The highest BCUT2D eigenvalue weighted by atomic mass is 16.5. The molecule has 1 unspecified atom stereocenters. The Bertz CT molecular complexity index is 1020. The maximum atomic E-state index is 13.5. The molecule has 152 valence electrons. The van der Waals surface area contributed by atoms with Crippen LogP contribution in [-0.2, 0) is 11.3 Å². The van der Waals surface area contributed by atoms with Crippen molar-refractivity contribution in [3.63, 3.8) is 0 Å². The third-order valence-electron chi connectivity index (χ3n) is 5.43. The number of carbonyl (C=O) groups excluding carboxylic acids is 1. The molecule has 1 amide bonds. The average molecular weight is 395 g/mol. The molecule has 1 atom stereocenters.